The summed E-state index contributed by atoms with van der Waals surface area (Å²) < 4.78 is 0. The van der Waals surface area contributed by atoms with E-state index in [9.17, 15) is 4.79 Å². The summed E-state index contributed by atoms with van der Waals surface area (Å²) in [6.45, 7) is 12.3. The van der Waals surface area contributed by atoms with Crippen molar-refractivity contribution in [2.24, 2.45) is 17.3 Å². The third-order valence-electron chi connectivity index (χ3n) is 4.99. The highest BCUT2D eigenvalue weighted by atomic mass is 16.1. The third-order valence-corrected chi connectivity index (χ3v) is 4.99. The fraction of sp³-hybridized carbons (Fsp3) is 0.941. The summed E-state index contributed by atoms with van der Waals surface area (Å²) in [5.41, 5.74) is 0.273. The summed E-state index contributed by atoms with van der Waals surface area (Å²) >= 11 is 0. The van der Waals surface area contributed by atoms with Crippen LogP contribution in [0.5, 0.6) is 0 Å². The van der Waals surface area contributed by atoms with Gasteiger partial charge in [0.25, 0.3) is 0 Å². The molecule has 2 nitrogen and oxygen atoms in total. The molecule has 0 spiro atoms. The lowest BCUT2D eigenvalue weighted by Crippen LogP contribution is -2.44. The maximum Gasteiger partial charge on any atom is 0.137 e. The molecule has 3 unspecified atom stereocenters. The molecule has 1 saturated carbocycles. The second kappa shape index (κ2) is 6.88. The van der Waals surface area contributed by atoms with Crippen LogP contribution in [0.15, 0.2) is 0 Å². The predicted molar refractivity (Wildman–Crippen MR) is 82.3 cm³/mol. The molecule has 0 bridgehead atoms. The highest BCUT2D eigenvalue weighted by molar-refractivity contribution is 5.81. The molecule has 0 aromatic heterocycles. The smallest absolute Gasteiger partial charge is 0.137 e. The Morgan fingerprint density at radius 1 is 1.37 bits per heavy atom. The molecule has 112 valence electrons. The Morgan fingerprint density at radius 2 is 2.00 bits per heavy atom. The predicted octanol–water partition coefficient (Wildman–Crippen LogP) is 4.14. The van der Waals surface area contributed by atoms with Crippen LogP contribution in [0.2, 0.25) is 0 Å². The summed E-state index contributed by atoms with van der Waals surface area (Å²) in [5, 5.41) is 0. The van der Waals surface area contributed by atoms with Gasteiger partial charge in [-0.3, -0.25) is 4.79 Å². The molecule has 0 aromatic rings. The summed E-state index contributed by atoms with van der Waals surface area (Å²) in [6.07, 6.45) is 5.60. The second-order valence-corrected chi connectivity index (χ2v) is 7.57. The normalized spacial score (nSPS) is 26.8. The molecule has 19 heavy (non-hydrogen) atoms. The third kappa shape index (κ3) is 4.91. The Bertz CT molecular complexity index is 292. The second-order valence-electron chi connectivity index (χ2n) is 7.57. The van der Waals surface area contributed by atoms with E-state index < -0.39 is 0 Å². The zero-order valence-electron chi connectivity index (χ0n) is 13.8. The number of carbonyl (C=O) groups is 1. The number of hydrogen-bond acceptors (Lipinski definition) is 2. The molecule has 1 aliphatic rings. The van der Waals surface area contributed by atoms with E-state index >= 15 is 0 Å². The standard InChI is InChI=1S/C17H33NO/c1-7-8-14-9-10-16(19)15(11-14)12-18(6)13(2)17(3,4)5/h13-15H,7-12H2,1-6H3. The van der Waals surface area contributed by atoms with Crippen LogP contribution in [-0.2, 0) is 4.79 Å². The van der Waals surface area contributed by atoms with Gasteiger partial charge in [0.1, 0.15) is 5.78 Å². The molecule has 0 aliphatic heterocycles. The van der Waals surface area contributed by atoms with Gasteiger partial charge in [0.05, 0.1) is 0 Å². The average molecular weight is 267 g/mol. The van der Waals surface area contributed by atoms with Gasteiger partial charge >= 0.3 is 0 Å². The van der Waals surface area contributed by atoms with Crippen molar-refractivity contribution in [3.05, 3.63) is 0 Å². The Kier molecular flexibility index (Phi) is 6.04. The van der Waals surface area contributed by atoms with Crippen molar-refractivity contribution in [2.45, 2.75) is 72.8 Å². The number of ketones is 1. The molecule has 0 heterocycles. The SMILES string of the molecule is CCCC1CCC(=O)C(CN(C)C(C)C(C)(C)C)C1. The van der Waals surface area contributed by atoms with E-state index in [0.29, 0.717) is 11.8 Å². The fourth-order valence-corrected chi connectivity index (χ4v) is 3.22. The molecule has 0 amide bonds. The summed E-state index contributed by atoms with van der Waals surface area (Å²) in [6, 6.07) is 0.506. The van der Waals surface area contributed by atoms with Crippen molar-refractivity contribution in [3.8, 4) is 0 Å². The lowest BCUT2D eigenvalue weighted by molar-refractivity contribution is -0.126. The Morgan fingerprint density at radius 3 is 2.53 bits per heavy atom. The quantitative estimate of drug-likeness (QED) is 0.746. The molecule has 2 heteroatoms. The lowest BCUT2D eigenvalue weighted by Gasteiger charge is -2.38. The largest absolute Gasteiger partial charge is 0.302 e. The molecule has 0 radical (unpaired) electrons. The van der Waals surface area contributed by atoms with Gasteiger partial charge in [-0.2, -0.15) is 0 Å². The number of rotatable bonds is 5. The van der Waals surface area contributed by atoms with E-state index in [0.717, 1.165) is 31.7 Å². The molecule has 0 aromatic carbocycles. The van der Waals surface area contributed by atoms with Gasteiger partial charge in [0.15, 0.2) is 0 Å². The molecule has 0 N–H and O–H groups in total. The van der Waals surface area contributed by atoms with Crippen molar-refractivity contribution in [1.29, 1.82) is 0 Å². The summed E-state index contributed by atoms with van der Waals surface area (Å²) in [7, 11) is 2.17. The van der Waals surface area contributed by atoms with Crippen molar-refractivity contribution in [3.63, 3.8) is 0 Å². The highest BCUT2D eigenvalue weighted by Crippen LogP contribution is 2.31. The van der Waals surface area contributed by atoms with Crippen molar-refractivity contribution < 1.29 is 4.79 Å². The van der Waals surface area contributed by atoms with Crippen LogP contribution in [0.25, 0.3) is 0 Å². The van der Waals surface area contributed by atoms with Crippen LogP contribution in [0, 0.1) is 17.3 Å². The van der Waals surface area contributed by atoms with E-state index in [1.807, 2.05) is 0 Å². The van der Waals surface area contributed by atoms with Crippen LogP contribution in [0.4, 0.5) is 0 Å². The Hall–Kier alpha value is -0.370. The molecule has 3 atom stereocenters. The maximum atomic E-state index is 12.1. The number of carbonyl (C=O) groups excluding carboxylic acids is 1. The van der Waals surface area contributed by atoms with Crippen LogP contribution >= 0.6 is 0 Å². The van der Waals surface area contributed by atoms with Gasteiger partial charge in [-0.15, -0.1) is 0 Å². The Balaban J connectivity index is 2.56. The minimum absolute atomic E-state index is 0.273. The van der Waals surface area contributed by atoms with E-state index in [1.54, 1.807) is 0 Å². The van der Waals surface area contributed by atoms with Crippen molar-refractivity contribution >= 4 is 5.78 Å². The minimum atomic E-state index is 0.273. The first-order valence-electron chi connectivity index (χ1n) is 7.98. The minimum Gasteiger partial charge on any atom is -0.302 e. The number of Topliss-reactive ketones (excluding diaryl/α,β-unsaturated/α-hetero) is 1. The molecule has 0 saturated heterocycles. The van der Waals surface area contributed by atoms with Crippen molar-refractivity contribution in [2.75, 3.05) is 13.6 Å². The maximum absolute atomic E-state index is 12.1. The zero-order valence-corrected chi connectivity index (χ0v) is 13.8. The van der Waals surface area contributed by atoms with Gasteiger partial charge in [-0.1, -0.05) is 40.5 Å². The van der Waals surface area contributed by atoms with Gasteiger partial charge in [-0.05, 0) is 38.1 Å². The van der Waals surface area contributed by atoms with Crippen molar-refractivity contribution in [1.82, 2.24) is 4.90 Å². The number of nitrogens with zero attached hydrogens (tertiary/aromatic N) is 1. The number of hydrogen-bond donors (Lipinski definition) is 0. The van der Waals surface area contributed by atoms with Crippen LogP contribution in [0.3, 0.4) is 0 Å². The topological polar surface area (TPSA) is 20.3 Å². The molecule has 1 fully saturated rings. The average Bonchev–Trinajstić information content (AvgIpc) is 2.31. The molecule has 1 aliphatic carbocycles. The first-order valence-corrected chi connectivity index (χ1v) is 7.98. The first-order chi connectivity index (χ1) is 8.75. The van der Waals surface area contributed by atoms with Gasteiger partial charge in [0, 0.05) is 24.9 Å². The van der Waals surface area contributed by atoms with E-state index in [2.05, 4.69) is 46.6 Å². The molecular formula is C17H33NO. The first kappa shape index (κ1) is 16.7. The van der Waals surface area contributed by atoms with Crippen LogP contribution in [-0.4, -0.2) is 30.3 Å². The fourth-order valence-electron chi connectivity index (χ4n) is 3.22. The van der Waals surface area contributed by atoms with Gasteiger partial charge < -0.3 is 4.90 Å². The summed E-state index contributed by atoms with van der Waals surface area (Å²) in [4.78, 5) is 14.5. The zero-order chi connectivity index (χ0) is 14.6. The van der Waals surface area contributed by atoms with Gasteiger partial charge in [0.2, 0.25) is 0 Å². The van der Waals surface area contributed by atoms with E-state index in [-0.39, 0.29) is 11.3 Å². The molecule has 1 rings (SSSR count). The summed E-state index contributed by atoms with van der Waals surface area (Å²) in [5.74, 6) is 1.56. The van der Waals surface area contributed by atoms with Crippen LogP contribution < -0.4 is 0 Å². The van der Waals surface area contributed by atoms with E-state index in [4.69, 9.17) is 0 Å². The molecular weight excluding hydrogens is 234 g/mol. The van der Waals surface area contributed by atoms with E-state index in [1.165, 1.54) is 12.8 Å². The van der Waals surface area contributed by atoms with Crippen LogP contribution in [0.1, 0.15) is 66.7 Å². The highest BCUT2D eigenvalue weighted by Gasteiger charge is 2.31. The lowest BCUT2D eigenvalue weighted by atomic mass is 9.78. The van der Waals surface area contributed by atoms with Gasteiger partial charge in [-0.25, -0.2) is 0 Å². The Labute approximate surface area is 119 Å². The monoisotopic (exact) mass is 267 g/mol.